The van der Waals surface area contributed by atoms with Gasteiger partial charge in [-0.25, -0.2) is 4.98 Å². The Morgan fingerprint density at radius 1 is 1.21 bits per heavy atom. The highest BCUT2D eigenvalue weighted by molar-refractivity contribution is 8.01. The van der Waals surface area contributed by atoms with Gasteiger partial charge in [-0.05, 0) is 33.3 Å². The van der Waals surface area contributed by atoms with E-state index in [1.165, 1.54) is 28.7 Å². The normalized spacial score (nSPS) is 11.9. The lowest BCUT2D eigenvalue weighted by Gasteiger charge is -2.09. The summed E-state index contributed by atoms with van der Waals surface area (Å²) in [5, 5.41) is 11.2. The lowest BCUT2D eigenvalue weighted by atomic mass is 10.0. The molecule has 0 aliphatic heterocycles. The van der Waals surface area contributed by atoms with Crippen molar-refractivity contribution in [3.8, 4) is 11.3 Å². The number of amides is 2. The number of carbonyl (C=O) groups is 2. The standard InChI is InChI=1S/C20H22N4O3S2/c1-11-5-6-15(12(2)7-11)16-9-29-20(21-16)23-18(25)10-28-14(4)19(26)22-17-8-13(3)27-24-17/h5-9,14H,10H2,1-4H3,(H,21,23,25)(H,22,24,26). The van der Waals surface area contributed by atoms with Crippen molar-refractivity contribution in [2.75, 3.05) is 16.4 Å². The molecule has 2 amide bonds. The van der Waals surface area contributed by atoms with Crippen LogP contribution in [-0.2, 0) is 9.59 Å². The lowest BCUT2D eigenvalue weighted by molar-refractivity contribution is -0.115. The Morgan fingerprint density at radius 3 is 2.69 bits per heavy atom. The second-order valence-corrected chi connectivity index (χ2v) is 8.86. The molecule has 0 saturated carbocycles. The molecule has 152 valence electrons. The molecule has 2 heterocycles. The highest BCUT2D eigenvalue weighted by atomic mass is 32.2. The van der Waals surface area contributed by atoms with Gasteiger partial charge < -0.3 is 15.2 Å². The van der Waals surface area contributed by atoms with E-state index in [-0.39, 0.29) is 17.6 Å². The zero-order chi connectivity index (χ0) is 21.0. The number of aryl methyl sites for hydroxylation is 3. The Bertz CT molecular complexity index is 1030. The van der Waals surface area contributed by atoms with Gasteiger partial charge in [-0.2, -0.15) is 0 Å². The first-order valence-electron chi connectivity index (χ1n) is 9.00. The van der Waals surface area contributed by atoms with Gasteiger partial charge in [-0.15, -0.1) is 23.1 Å². The first kappa shape index (κ1) is 21.1. The van der Waals surface area contributed by atoms with Gasteiger partial charge >= 0.3 is 0 Å². The first-order valence-corrected chi connectivity index (χ1v) is 10.9. The minimum atomic E-state index is -0.417. The Hall–Kier alpha value is -2.65. The maximum atomic E-state index is 12.2. The highest BCUT2D eigenvalue weighted by Crippen LogP contribution is 2.28. The summed E-state index contributed by atoms with van der Waals surface area (Å²) in [6, 6.07) is 7.83. The summed E-state index contributed by atoms with van der Waals surface area (Å²) in [5.41, 5.74) is 4.23. The van der Waals surface area contributed by atoms with Crippen LogP contribution >= 0.6 is 23.1 Å². The third-order valence-corrected chi connectivity index (χ3v) is 6.02. The van der Waals surface area contributed by atoms with Crippen molar-refractivity contribution in [3.05, 3.63) is 46.5 Å². The number of thiazole rings is 1. The maximum absolute atomic E-state index is 12.2. The third-order valence-electron chi connectivity index (χ3n) is 4.12. The number of rotatable bonds is 7. The molecule has 3 aromatic rings. The third kappa shape index (κ3) is 5.68. The van der Waals surface area contributed by atoms with Crippen molar-refractivity contribution in [1.82, 2.24) is 10.1 Å². The zero-order valence-corrected chi connectivity index (χ0v) is 18.2. The van der Waals surface area contributed by atoms with Crippen molar-refractivity contribution in [2.24, 2.45) is 0 Å². The van der Waals surface area contributed by atoms with Gasteiger partial charge in [0.05, 0.1) is 16.7 Å². The minimum absolute atomic E-state index is 0.144. The van der Waals surface area contributed by atoms with E-state index in [0.29, 0.717) is 16.7 Å². The van der Waals surface area contributed by atoms with Crippen LogP contribution in [0.2, 0.25) is 0 Å². The van der Waals surface area contributed by atoms with Gasteiger partial charge in [0.1, 0.15) is 5.76 Å². The number of hydrogen-bond acceptors (Lipinski definition) is 7. The van der Waals surface area contributed by atoms with E-state index in [2.05, 4.69) is 33.8 Å². The molecule has 9 heteroatoms. The van der Waals surface area contributed by atoms with Crippen LogP contribution in [-0.4, -0.2) is 33.0 Å². The fraction of sp³-hybridized carbons (Fsp3) is 0.300. The van der Waals surface area contributed by atoms with Crippen molar-refractivity contribution in [2.45, 2.75) is 32.9 Å². The monoisotopic (exact) mass is 430 g/mol. The van der Waals surface area contributed by atoms with E-state index in [0.717, 1.165) is 16.8 Å². The summed E-state index contributed by atoms with van der Waals surface area (Å²) in [5.74, 6) is 0.691. The average molecular weight is 431 g/mol. The lowest BCUT2D eigenvalue weighted by Crippen LogP contribution is -2.25. The molecule has 3 rings (SSSR count). The van der Waals surface area contributed by atoms with Crippen LogP contribution in [0.15, 0.2) is 34.2 Å². The summed E-state index contributed by atoms with van der Waals surface area (Å²) in [4.78, 5) is 28.9. The van der Waals surface area contributed by atoms with Crippen molar-refractivity contribution < 1.29 is 14.1 Å². The fourth-order valence-corrected chi connectivity index (χ4v) is 4.05. The molecule has 0 radical (unpaired) electrons. The van der Waals surface area contributed by atoms with Gasteiger partial charge in [0.2, 0.25) is 11.8 Å². The number of thioether (sulfide) groups is 1. The van der Waals surface area contributed by atoms with Crippen LogP contribution in [0, 0.1) is 20.8 Å². The van der Waals surface area contributed by atoms with E-state index in [4.69, 9.17) is 4.52 Å². The van der Waals surface area contributed by atoms with Gasteiger partial charge in [0.25, 0.3) is 0 Å². The molecule has 2 aromatic heterocycles. The number of nitrogens with zero attached hydrogens (tertiary/aromatic N) is 2. The van der Waals surface area contributed by atoms with Gasteiger partial charge in [-0.1, -0.05) is 28.9 Å². The number of nitrogens with one attached hydrogen (secondary N) is 2. The molecule has 0 saturated heterocycles. The molecule has 7 nitrogen and oxygen atoms in total. The topological polar surface area (TPSA) is 97.1 Å². The second-order valence-electron chi connectivity index (χ2n) is 6.67. The molecular weight excluding hydrogens is 408 g/mol. The molecule has 1 atom stereocenters. The highest BCUT2D eigenvalue weighted by Gasteiger charge is 2.17. The van der Waals surface area contributed by atoms with Crippen LogP contribution in [0.4, 0.5) is 10.9 Å². The molecule has 0 bridgehead atoms. The van der Waals surface area contributed by atoms with Crippen LogP contribution in [0.1, 0.15) is 23.8 Å². The zero-order valence-electron chi connectivity index (χ0n) is 16.6. The van der Waals surface area contributed by atoms with Crippen LogP contribution < -0.4 is 10.6 Å². The second kappa shape index (κ2) is 9.23. The fourth-order valence-electron chi connectivity index (χ4n) is 2.64. The molecule has 29 heavy (non-hydrogen) atoms. The van der Waals surface area contributed by atoms with Crippen molar-refractivity contribution in [3.63, 3.8) is 0 Å². The van der Waals surface area contributed by atoms with E-state index in [9.17, 15) is 9.59 Å². The van der Waals surface area contributed by atoms with E-state index >= 15 is 0 Å². The Kier molecular flexibility index (Phi) is 6.71. The largest absolute Gasteiger partial charge is 0.360 e. The van der Waals surface area contributed by atoms with Crippen LogP contribution in [0.5, 0.6) is 0 Å². The summed E-state index contributed by atoms with van der Waals surface area (Å²) < 4.78 is 4.92. The Balaban J connectivity index is 1.50. The predicted octanol–water partition coefficient (Wildman–Crippen LogP) is 4.42. The van der Waals surface area contributed by atoms with E-state index < -0.39 is 5.25 Å². The quantitative estimate of drug-likeness (QED) is 0.576. The van der Waals surface area contributed by atoms with Gasteiger partial charge in [-0.3, -0.25) is 9.59 Å². The Labute approximate surface area is 177 Å². The molecule has 0 spiro atoms. The number of carbonyl (C=O) groups excluding carboxylic acids is 2. The average Bonchev–Trinajstić information content (AvgIpc) is 3.28. The molecule has 2 N–H and O–H groups in total. The molecule has 0 fully saturated rings. The van der Waals surface area contributed by atoms with Crippen LogP contribution in [0.25, 0.3) is 11.3 Å². The van der Waals surface area contributed by atoms with E-state index in [1.54, 1.807) is 19.9 Å². The summed E-state index contributed by atoms with van der Waals surface area (Å²) in [6.45, 7) is 7.58. The number of anilines is 2. The van der Waals surface area contributed by atoms with Gasteiger partial charge in [0.15, 0.2) is 10.9 Å². The number of benzene rings is 1. The maximum Gasteiger partial charge on any atom is 0.238 e. The summed E-state index contributed by atoms with van der Waals surface area (Å²) >= 11 is 2.62. The number of aromatic nitrogens is 2. The summed E-state index contributed by atoms with van der Waals surface area (Å²) in [7, 11) is 0. The number of hydrogen-bond donors (Lipinski definition) is 2. The SMILES string of the molecule is Cc1ccc(-c2csc(NC(=O)CSC(C)C(=O)Nc3cc(C)on3)n2)c(C)c1. The molecular formula is C20H22N4O3S2. The summed E-state index contributed by atoms with van der Waals surface area (Å²) in [6.07, 6.45) is 0. The van der Waals surface area contributed by atoms with Crippen molar-refractivity contribution in [1.29, 1.82) is 0 Å². The molecule has 0 aliphatic rings. The smallest absolute Gasteiger partial charge is 0.238 e. The van der Waals surface area contributed by atoms with E-state index in [1.807, 2.05) is 24.4 Å². The van der Waals surface area contributed by atoms with Crippen molar-refractivity contribution >= 4 is 45.9 Å². The van der Waals surface area contributed by atoms with Crippen LogP contribution in [0.3, 0.4) is 0 Å². The molecule has 1 aromatic carbocycles. The molecule has 0 aliphatic carbocycles. The minimum Gasteiger partial charge on any atom is -0.360 e. The Morgan fingerprint density at radius 2 is 2.00 bits per heavy atom. The van der Waals surface area contributed by atoms with Gasteiger partial charge in [0, 0.05) is 17.0 Å². The first-order chi connectivity index (χ1) is 13.8. The molecule has 1 unspecified atom stereocenters. The predicted molar refractivity (Wildman–Crippen MR) is 117 cm³/mol.